The molecule has 0 N–H and O–H groups in total. The summed E-state index contributed by atoms with van der Waals surface area (Å²) in [5.74, 6) is 1.55. The highest BCUT2D eigenvalue weighted by molar-refractivity contribution is 7.22. The van der Waals surface area contributed by atoms with E-state index >= 15 is 0 Å². The van der Waals surface area contributed by atoms with Crippen LogP contribution < -0.4 is 4.90 Å². The zero-order chi connectivity index (χ0) is 21.2. The van der Waals surface area contributed by atoms with Crippen molar-refractivity contribution in [3.05, 3.63) is 52.5 Å². The van der Waals surface area contributed by atoms with Gasteiger partial charge >= 0.3 is 0 Å². The van der Waals surface area contributed by atoms with Crippen LogP contribution in [0.5, 0.6) is 0 Å². The Balaban J connectivity index is 1.32. The number of fused-ring (bicyclic) bond motifs is 1. The smallest absolute Gasteiger partial charge is 0.186 e. The number of thiazole rings is 1. The number of anilines is 1. The average molecular weight is 454 g/mol. The van der Waals surface area contributed by atoms with Gasteiger partial charge in [0.1, 0.15) is 0 Å². The molecule has 0 saturated carbocycles. The Morgan fingerprint density at radius 1 is 1.03 bits per heavy atom. The van der Waals surface area contributed by atoms with Crippen LogP contribution >= 0.6 is 22.7 Å². The maximum atomic E-state index is 4.85. The molecule has 1 saturated heterocycles. The predicted molar refractivity (Wildman–Crippen MR) is 127 cm³/mol. The minimum Gasteiger partial charge on any atom is -0.345 e. The molecule has 3 aromatic heterocycles. The molecule has 1 fully saturated rings. The molecule has 0 bridgehead atoms. The highest BCUT2D eigenvalue weighted by Crippen LogP contribution is 2.32. The van der Waals surface area contributed by atoms with Crippen LogP contribution in [0.15, 0.2) is 41.8 Å². The number of tetrazole rings is 1. The van der Waals surface area contributed by atoms with E-state index in [-0.39, 0.29) is 6.04 Å². The third-order valence-electron chi connectivity index (χ3n) is 5.75. The summed E-state index contributed by atoms with van der Waals surface area (Å²) in [6.07, 6.45) is 1.05. The Morgan fingerprint density at radius 3 is 2.61 bits per heavy atom. The van der Waals surface area contributed by atoms with Gasteiger partial charge in [-0.15, -0.1) is 16.4 Å². The number of benzene rings is 1. The standard InChI is InChI=1S/C22H27N7S2/c1-16(2)14-19(21-24-25-26-29(21)15-17-6-5-13-30-17)27-9-11-28(12-10-27)22-23-18-7-3-4-8-20(18)31-22/h3-8,13,16,19H,9-12,14-15H2,1-2H3/t19-/m1/s1. The average Bonchev–Trinajstić information content (AvgIpc) is 3.53. The molecule has 0 radical (unpaired) electrons. The molecule has 4 heterocycles. The van der Waals surface area contributed by atoms with Gasteiger partial charge in [-0.3, -0.25) is 4.90 Å². The first-order chi connectivity index (χ1) is 15.2. The third-order valence-corrected chi connectivity index (χ3v) is 7.70. The Morgan fingerprint density at radius 2 is 1.87 bits per heavy atom. The first-order valence-electron chi connectivity index (χ1n) is 10.8. The summed E-state index contributed by atoms with van der Waals surface area (Å²) in [6.45, 7) is 9.20. The number of rotatable bonds is 7. The van der Waals surface area contributed by atoms with Crippen LogP contribution in [0.25, 0.3) is 10.2 Å². The van der Waals surface area contributed by atoms with Gasteiger partial charge in [-0.1, -0.05) is 43.4 Å². The lowest BCUT2D eigenvalue weighted by molar-refractivity contribution is 0.153. The molecule has 0 unspecified atom stereocenters. The lowest BCUT2D eigenvalue weighted by Gasteiger charge is -2.39. The number of hydrogen-bond acceptors (Lipinski definition) is 8. The van der Waals surface area contributed by atoms with Crippen molar-refractivity contribution in [1.29, 1.82) is 0 Å². The fourth-order valence-electron chi connectivity index (χ4n) is 4.20. The van der Waals surface area contributed by atoms with Gasteiger partial charge in [-0.2, -0.15) is 0 Å². The molecule has 0 spiro atoms. The van der Waals surface area contributed by atoms with Crippen LogP contribution in [0, 0.1) is 5.92 Å². The molecule has 1 aromatic carbocycles. The Labute approximate surface area is 190 Å². The number of piperazine rings is 1. The van der Waals surface area contributed by atoms with Crippen LogP contribution in [-0.2, 0) is 6.54 Å². The van der Waals surface area contributed by atoms with Crippen molar-refractivity contribution >= 4 is 38.0 Å². The van der Waals surface area contributed by atoms with Gasteiger partial charge in [-0.05, 0) is 46.3 Å². The molecule has 162 valence electrons. The lowest BCUT2D eigenvalue weighted by atomic mass is 10.0. The summed E-state index contributed by atoms with van der Waals surface area (Å²) in [5, 5.41) is 16.1. The Kier molecular flexibility index (Phi) is 5.97. The first kappa shape index (κ1) is 20.5. The summed E-state index contributed by atoms with van der Waals surface area (Å²) >= 11 is 3.54. The van der Waals surface area contributed by atoms with Crippen molar-refractivity contribution in [1.82, 2.24) is 30.1 Å². The van der Waals surface area contributed by atoms with E-state index in [2.05, 4.69) is 81.0 Å². The highest BCUT2D eigenvalue weighted by Gasteiger charge is 2.30. The van der Waals surface area contributed by atoms with E-state index < -0.39 is 0 Å². The molecule has 9 heteroatoms. The van der Waals surface area contributed by atoms with Crippen LogP contribution in [0.2, 0.25) is 0 Å². The monoisotopic (exact) mass is 453 g/mol. The molecule has 31 heavy (non-hydrogen) atoms. The van der Waals surface area contributed by atoms with E-state index in [1.807, 2.05) is 4.68 Å². The summed E-state index contributed by atoms with van der Waals surface area (Å²) in [5.41, 5.74) is 1.09. The van der Waals surface area contributed by atoms with Gasteiger partial charge in [0.25, 0.3) is 0 Å². The number of aromatic nitrogens is 5. The first-order valence-corrected chi connectivity index (χ1v) is 12.5. The van der Waals surface area contributed by atoms with Gasteiger partial charge in [0.05, 0.1) is 22.8 Å². The van der Waals surface area contributed by atoms with Crippen molar-refractivity contribution in [2.24, 2.45) is 5.92 Å². The van der Waals surface area contributed by atoms with Gasteiger partial charge in [0.2, 0.25) is 0 Å². The Bertz CT molecular complexity index is 1080. The number of para-hydroxylation sites is 1. The van der Waals surface area contributed by atoms with Gasteiger partial charge in [0, 0.05) is 31.1 Å². The van der Waals surface area contributed by atoms with E-state index in [9.17, 15) is 0 Å². The molecular weight excluding hydrogens is 426 g/mol. The SMILES string of the molecule is CC(C)C[C@H](c1nnnn1Cc1cccs1)N1CCN(c2nc3ccccc3s2)CC1. The van der Waals surface area contributed by atoms with E-state index in [1.54, 1.807) is 22.7 Å². The largest absolute Gasteiger partial charge is 0.345 e. The molecule has 0 aliphatic carbocycles. The normalized spacial score (nSPS) is 16.4. The molecule has 7 nitrogen and oxygen atoms in total. The van der Waals surface area contributed by atoms with E-state index in [0.29, 0.717) is 5.92 Å². The van der Waals surface area contributed by atoms with Gasteiger partial charge in [0.15, 0.2) is 11.0 Å². The quantitative estimate of drug-likeness (QED) is 0.416. The minimum absolute atomic E-state index is 0.229. The topological polar surface area (TPSA) is 63.0 Å². The summed E-state index contributed by atoms with van der Waals surface area (Å²) < 4.78 is 3.24. The van der Waals surface area contributed by atoms with E-state index in [1.165, 1.54) is 9.58 Å². The predicted octanol–water partition coefficient (Wildman–Crippen LogP) is 4.30. The Hall–Kier alpha value is -2.36. The second-order valence-corrected chi connectivity index (χ2v) is 10.4. The van der Waals surface area contributed by atoms with Crippen LogP contribution in [0.1, 0.15) is 37.0 Å². The van der Waals surface area contributed by atoms with E-state index in [4.69, 9.17) is 4.98 Å². The lowest BCUT2D eigenvalue weighted by Crippen LogP contribution is -2.48. The highest BCUT2D eigenvalue weighted by atomic mass is 32.1. The van der Waals surface area contributed by atoms with Gasteiger partial charge in [-0.25, -0.2) is 9.67 Å². The molecule has 4 aromatic rings. The van der Waals surface area contributed by atoms with Gasteiger partial charge < -0.3 is 4.90 Å². The molecule has 0 amide bonds. The molecule has 5 rings (SSSR count). The van der Waals surface area contributed by atoms with Crippen molar-refractivity contribution in [2.45, 2.75) is 32.9 Å². The summed E-state index contributed by atoms with van der Waals surface area (Å²) in [4.78, 5) is 11.1. The van der Waals surface area contributed by atoms with Crippen LogP contribution in [0.4, 0.5) is 5.13 Å². The van der Waals surface area contributed by atoms with Crippen molar-refractivity contribution < 1.29 is 0 Å². The fourth-order valence-corrected chi connectivity index (χ4v) is 5.90. The second-order valence-electron chi connectivity index (χ2n) is 8.41. The van der Waals surface area contributed by atoms with Crippen LogP contribution in [0.3, 0.4) is 0 Å². The molecule has 1 aliphatic rings. The number of hydrogen-bond donors (Lipinski definition) is 0. The third kappa shape index (κ3) is 4.49. The maximum Gasteiger partial charge on any atom is 0.186 e. The summed E-state index contributed by atoms with van der Waals surface area (Å²) in [6, 6.07) is 12.8. The molecular formula is C22H27N7S2. The van der Waals surface area contributed by atoms with Crippen molar-refractivity contribution in [2.75, 3.05) is 31.1 Å². The van der Waals surface area contributed by atoms with Crippen molar-refractivity contribution in [3.8, 4) is 0 Å². The van der Waals surface area contributed by atoms with E-state index in [0.717, 1.165) is 55.6 Å². The minimum atomic E-state index is 0.229. The second kappa shape index (κ2) is 9.02. The van der Waals surface area contributed by atoms with Crippen LogP contribution in [-0.4, -0.2) is 56.3 Å². The summed E-state index contributed by atoms with van der Waals surface area (Å²) in [7, 11) is 0. The number of thiophene rings is 1. The molecule has 1 atom stereocenters. The number of nitrogens with zero attached hydrogens (tertiary/aromatic N) is 7. The zero-order valence-electron chi connectivity index (χ0n) is 17.9. The fraction of sp³-hybridized carbons (Fsp3) is 0.455. The maximum absolute atomic E-state index is 4.85. The zero-order valence-corrected chi connectivity index (χ0v) is 19.5. The molecule has 1 aliphatic heterocycles. The van der Waals surface area contributed by atoms with Crippen molar-refractivity contribution in [3.63, 3.8) is 0 Å².